The highest BCUT2D eigenvalue weighted by Crippen LogP contribution is 2.38. The van der Waals surface area contributed by atoms with Crippen molar-refractivity contribution < 1.29 is 28.6 Å². The number of carboxylic acid groups (broad SMARTS) is 1. The van der Waals surface area contributed by atoms with Gasteiger partial charge in [0.2, 0.25) is 0 Å². The van der Waals surface area contributed by atoms with E-state index in [1.54, 1.807) is 30.3 Å². The number of nitrogens with zero attached hydrogens (tertiary/aromatic N) is 1. The summed E-state index contributed by atoms with van der Waals surface area (Å²) in [4.78, 5) is 24.0. The minimum Gasteiger partial charge on any atom is -0.493 e. The van der Waals surface area contributed by atoms with Crippen LogP contribution in [-0.4, -0.2) is 24.1 Å². The number of aromatic carboxylic acids is 1. The Labute approximate surface area is 203 Å². The number of carbonyl (C=O) groups is 2. The van der Waals surface area contributed by atoms with Gasteiger partial charge in [-0.1, -0.05) is 24.3 Å². The number of methoxy groups -OCH3 is 1. The minimum atomic E-state index is -1.21. The van der Waals surface area contributed by atoms with Gasteiger partial charge in [-0.05, 0) is 69.5 Å². The van der Waals surface area contributed by atoms with E-state index in [1.165, 1.54) is 43.5 Å². The van der Waals surface area contributed by atoms with Gasteiger partial charge in [0, 0.05) is 0 Å². The Kier molecular flexibility index (Phi) is 8.01. The molecule has 0 bridgehead atoms. The molecule has 0 unspecified atom stereocenters. The number of nitrogens with one attached hydrogen (secondary N) is 1. The molecule has 1 amide bonds. The molecule has 9 heteroatoms. The van der Waals surface area contributed by atoms with Gasteiger partial charge >= 0.3 is 5.97 Å². The number of hydrogen-bond acceptors (Lipinski definition) is 5. The molecule has 7 nitrogen and oxygen atoms in total. The van der Waals surface area contributed by atoms with Crippen LogP contribution < -0.4 is 14.8 Å². The number of anilines is 1. The van der Waals surface area contributed by atoms with Gasteiger partial charge in [-0.3, -0.25) is 4.79 Å². The molecule has 0 heterocycles. The molecule has 3 aromatic carbocycles. The highest BCUT2D eigenvalue weighted by Gasteiger charge is 2.16. The van der Waals surface area contributed by atoms with E-state index in [0.717, 1.165) is 5.56 Å². The lowest BCUT2D eigenvalue weighted by Gasteiger charge is -2.14. The number of benzene rings is 3. The maximum absolute atomic E-state index is 13.1. The molecule has 0 radical (unpaired) electrons. The summed E-state index contributed by atoms with van der Waals surface area (Å²) in [7, 11) is 1.45. The van der Waals surface area contributed by atoms with E-state index >= 15 is 0 Å². The van der Waals surface area contributed by atoms with Crippen molar-refractivity contribution in [1.82, 2.24) is 0 Å². The van der Waals surface area contributed by atoms with Crippen LogP contribution in [0.5, 0.6) is 11.5 Å². The van der Waals surface area contributed by atoms with Crippen LogP contribution in [0.1, 0.15) is 21.5 Å². The Hall–Kier alpha value is -4.16. The smallest absolute Gasteiger partial charge is 0.337 e. The molecule has 0 fully saturated rings. The van der Waals surface area contributed by atoms with E-state index < -0.39 is 11.9 Å². The number of ether oxygens (including phenoxy) is 2. The number of rotatable bonds is 8. The lowest BCUT2D eigenvalue weighted by molar-refractivity contribution is -0.112. The second kappa shape index (κ2) is 11.1. The topological polar surface area (TPSA) is 109 Å². The molecule has 34 heavy (non-hydrogen) atoms. The highest BCUT2D eigenvalue weighted by molar-refractivity contribution is 9.10. The molecule has 0 saturated heterocycles. The third-order valence-electron chi connectivity index (χ3n) is 4.63. The van der Waals surface area contributed by atoms with Gasteiger partial charge in [0.1, 0.15) is 24.1 Å². The molecular formula is C25H18BrFN2O5. The molecule has 172 valence electrons. The predicted octanol–water partition coefficient (Wildman–Crippen LogP) is 5.42. The lowest BCUT2D eigenvalue weighted by atomic mass is 10.1. The van der Waals surface area contributed by atoms with Crippen LogP contribution in [0.3, 0.4) is 0 Å². The zero-order chi connectivity index (χ0) is 24.7. The van der Waals surface area contributed by atoms with Crippen molar-refractivity contribution >= 4 is 39.6 Å². The molecule has 0 aromatic heterocycles. The minimum absolute atomic E-state index is 0.0736. The number of carboxylic acids is 1. The van der Waals surface area contributed by atoms with E-state index in [4.69, 9.17) is 9.47 Å². The molecular weight excluding hydrogens is 507 g/mol. The second-order valence-corrected chi connectivity index (χ2v) is 7.78. The largest absolute Gasteiger partial charge is 0.493 e. The SMILES string of the molecule is COc1cc(/C=C(\C#N)C(=O)Nc2ccccc2C(=O)O)cc(Br)c1OCc1ccc(F)cc1. The Morgan fingerprint density at radius 2 is 1.88 bits per heavy atom. The number of nitriles is 1. The molecule has 0 aliphatic carbocycles. The first kappa shape index (κ1) is 24.5. The van der Waals surface area contributed by atoms with Gasteiger partial charge in [0.25, 0.3) is 5.91 Å². The second-order valence-electron chi connectivity index (χ2n) is 6.92. The maximum atomic E-state index is 13.1. The van der Waals surface area contributed by atoms with Gasteiger partial charge in [-0.15, -0.1) is 0 Å². The molecule has 0 saturated carbocycles. The summed E-state index contributed by atoms with van der Waals surface area (Å²) in [6, 6.07) is 16.8. The summed E-state index contributed by atoms with van der Waals surface area (Å²) in [5.74, 6) is -1.58. The highest BCUT2D eigenvalue weighted by atomic mass is 79.9. The zero-order valence-corrected chi connectivity index (χ0v) is 19.4. The fraction of sp³-hybridized carbons (Fsp3) is 0.0800. The summed E-state index contributed by atoms with van der Waals surface area (Å²) in [5.41, 5.74) is 0.958. The average molecular weight is 525 g/mol. The quantitative estimate of drug-likeness (QED) is 0.300. The van der Waals surface area contributed by atoms with Crippen molar-refractivity contribution in [3.63, 3.8) is 0 Å². The molecule has 0 spiro atoms. The van der Waals surface area contributed by atoms with Gasteiger partial charge < -0.3 is 19.9 Å². The van der Waals surface area contributed by atoms with Crippen molar-refractivity contribution in [2.45, 2.75) is 6.61 Å². The fourth-order valence-corrected chi connectivity index (χ4v) is 3.56. The number of para-hydroxylation sites is 1. The maximum Gasteiger partial charge on any atom is 0.337 e. The molecule has 0 atom stereocenters. The van der Waals surface area contributed by atoms with E-state index in [0.29, 0.717) is 21.5 Å². The van der Waals surface area contributed by atoms with Crippen LogP contribution in [0, 0.1) is 17.1 Å². The van der Waals surface area contributed by atoms with E-state index in [9.17, 15) is 24.3 Å². The first-order valence-electron chi connectivity index (χ1n) is 9.82. The molecule has 3 rings (SSSR count). The van der Waals surface area contributed by atoms with Gasteiger partial charge in [0.15, 0.2) is 11.5 Å². The van der Waals surface area contributed by atoms with E-state index in [2.05, 4.69) is 21.2 Å². The lowest BCUT2D eigenvalue weighted by Crippen LogP contribution is -2.16. The average Bonchev–Trinajstić information content (AvgIpc) is 2.82. The standard InChI is InChI=1S/C25H18BrFN2O5/c1-33-22-12-16(11-20(26)23(22)34-14-15-6-8-18(27)9-7-15)10-17(13-28)24(30)29-21-5-3-2-4-19(21)25(31)32/h2-12H,14H2,1H3,(H,29,30)(H,31,32)/b17-10+. The third kappa shape index (κ3) is 5.99. The normalized spacial score (nSPS) is 10.8. The van der Waals surface area contributed by atoms with E-state index in [-0.39, 0.29) is 29.2 Å². The zero-order valence-electron chi connectivity index (χ0n) is 17.8. The van der Waals surface area contributed by atoms with Crippen molar-refractivity contribution in [3.8, 4) is 17.6 Å². The van der Waals surface area contributed by atoms with Crippen molar-refractivity contribution in [1.29, 1.82) is 5.26 Å². The van der Waals surface area contributed by atoms with Crippen molar-refractivity contribution in [2.75, 3.05) is 12.4 Å². The molecule has 0 aliphatic heterocycles. The first-order valence-corrected chi connectivity index (χ1v) is 10.6. The van der Waals surface area contributed by atoms with Crippen LogP contribution in [0.15, 0.2) is 70.7 Å². The summed E-state index contributed by atoms with van der Waals surface area (Å²) in [6.07, 6.45) is 1.34. The number of halogens is 2. The summed E-state index contributed by atoms with van der Waals surface area (Å²) in [5, 5.41) is 21.2. The molecule has 0 aliphatic rings. The summed E-state index contributed by atoms with van der Waals surface area (Å²) >= 11 is 3.41. The predicted molar refractivity (Wildman–Crippen MR) is 127 cm³/mol. The fourth-order valence-electron chi connectivity index (χ4n) is 2.98. The van der Waals surface area contributed by atoms with Crippen molar-refractivity contribution in [3.05, 3.63) is 93.2 Å². The summed E-state index contributed by atoms with van der Waals surface area (Å²) < 4.78 is 24.8. The first-order chi connectivity index (χ1) is 16.3. The van der Waals surface area contributed by atoms with Gasteiger partial charge in [-0.2, -0.15) is 5.26 Å². The molecule has 3 aromatic rings. The van der Waals surface area contributed by atoms with Crippen LogP contribution in [0.2, 0.25) is 0 Å². The third-order valence-corrected chi connectivity index (χ3v) is 5.22. The number of amides is 1. The summed E-state index contributed by atoms with van der Waals surface area (Å²) in [6.45, 7) is 0.166. The van der Waals surface area contributed by atoms with Gasteiger partial charge in [0.05, 0.1) is 22.8 Å². The number of hydrogen-bond donors (Lipinski definition) is 2. The van der Waals surface area contributed by atoms with Crippen LogP contribution in [-0.2, 0) is 11.4 Å². The van der Waals surface area contributed by atoms with Crippen molar-refractivity contribution in [2.24, 2.45) is 0 Å². The Morgan fingerprint density at radius 3 is 2.53 bits per heavy atom. The Morgan fingerprint density at radius 1 is 1.18 bits per heavy atom. The molecule has 2 N–H and O–H groups in total. The number of carbonyl (C=O) groups excluding carboxylic acids is 1. The Bertz CT molecular complexity index is 1300. The van der Waals surface area contributed by atoms with Crippen LogP contribution >= 0.6 is 15.9 Å². The van der Waals surface area contributed by atoms with Gasteiger partial charge in [-0.25, -0.2) is 9.18 Å². The van der Waals surface area contributed by atoms with Crippen LogP contribution in [0.4, 0.5) is 10.1 Å². The monoisotopic (exact) mass is 524 g/mol. The Balaban J connectivity index is 1.84. The van der Waals surface area contributed by atoms with E-state index in [1.807, 2.05) is 6.07 Å². The van der Waals surface area contributed by atoms with Crippen LogP contribution in [0.25, 0.3) is 6.08 Å².